The first-order valence-corrected chi connectivity index (χ1v) is 7.38. The number of likely N-dealkylation sites (tertiary alicyclic amines) is 1. The van der Waals surface area contributed by atoms with Crippen molar-refractivity contribution in [2.24, 2.45) is 5.92 Å². The predicted octanol–water partition coefficient (Wildman–Crippen LogP) is 3.41. The van der Waals surface area contributed by atoms with E-state index in [9.17, 15) is 0 Å². The highest BCUT2D eigenvalue weighted by Crippen LogP contribution is 2.19. The molecule has 0 saturated carbocycles. The van der Waals surface area contributed by atoms with Crippen molar-refractivity contribution in [3.05, 3.63) is 30.3 Å². The van der Waals surface area contributed by atoms with Crippen molar-refractivity contribution < 1.29 is 4.74 Å². The van der Waals surface area contributed by atoms with Crippen molar-refractivity contribution in [1.82, 2.24) is 4.90 Å². The number of benzene rings is 1. The second kappa shape index (κ2) is 7.65. The predicted molar refractivity (Wildman–Crippen MR) is 76.4 cm³/mol. The highest BCUT2D eigenvalue weighted by molar-refractivity contribution is 6.17. The first-order chi connectivity index (χ1) is 8.88. The third-order valence-electron chi connectivity index (χ3n) is 3.54. The van der Waals surface area contributed by atoms with E-state index in [1.165, 1.54) is 25.9 Å². The fraction of sp³-hybridized carbons (Fsp3) is 0.600. The molecule has 0 aromatic heterocycles. The molecule has 1 aromatic rings. The summed E-state index contributed by atoms with van der Waals surface area (Å²) in [5.41, 5.74) is 0. The van der Waals surface area contributed by atoms with E-state index in [1.54, 1.807) is 0 Å². The van der Waals surface area contributed by atoms with Crippen molar-refractivity contribution in [3.8, 4) is 5.75 Å². The molecule has 3 heteroatoms. The second-order valence-electron chi connectivity index (χ2n) is 4.95. The van der Waals surface area contributed by atoms with Crippen LogP contribution in [0.2, 0.25) is 0 Å². The normalized spacial score (nSPS) is 20.8. The van der Waals surface area contributed by atoms with E-state index in [2.05, 4.69) is 4.90 Å². The lowest BCUT2D eigenvalue weighted by molar-refractivity contribution is 0.145. The Morgan fingerprint density at radius 3 is 2.89 bits per heavy atom. The fourth-order valence-corrected chi connectivity index (χ4v) is 2.86. The summed E-state index contributed by atoms with van der Waals surface area (Å²) in [7, 11) is 0. The Labute approximate surface area is 115 Å². The number of hydrogen-bond donors (Lipinski definition) is 0. The van der Waals surface area contributed by atoms with Crippen LogP contribution in [0.25, 0.3) is 0 Å². The maximum atomic E-state index is 5.82. The smallest absolute Gasteiger partial charge is 0.119 e. The molecular weight excluding hydrogens is 246 g/mol. The van der Waals surface area contributed by atoms with Crippen LogP contribution in [0, 0.1) is 5.92 Å². The van der Waals surface area contributed by atoms with Crippen LogP contribution in [-0.4, -0.2) is 37.0 Å². The van der Waals surface area contributed by atoms with E-state index in [-0.39, 0.29) is 0 Å². The Morgan fingerprint density at radius 2 is 2.11 bits per heavy atom. The number of para-hydroxylation sites is 1. The van der Waals surface area contributed by atoms with Gasteiger partial charge in [0.2, 0.25) is 0 Å². The first-order valence-electron chi connectivity index (χ1n) is 6.84. The molecule has 2 rings (SSSR count). The zero-order chi connectivity index (χ0) is 12.6. The Hall–Kier alpha value is -0.730. The van der Waals surface area contributed by atoms with Crippen LogP contribution in [-0.2, 0) is 0 Å². The number of hydrogen-bond acceptors (Lipinski definition) is 2. The summed E-state index contributed by atoms with van der Waals surface area (Å²) in [6.45, 7) is 4.19. The third-order valence-corrected chi connectivity index (χ3v) is 3.76. The highest BCUT2D eigenvalue weighted by atomic mass is 35.5. The average Bonchev–Trinajstić information content (AvgIpc) is 2.41. The lowest BCUT2D eigenvalue weighted by Gasteiger charge is -2.32. The molecule has 0 aliphatic carbocycles. The van der Waals surface area contributed by atoms with Crippen molar-refractivity contribution in [1.29, 1.82) is 0 Å². The zero-order valence-corrected chi connectivity index (χ0v) is 11.6. The van der Waals surface area contributed by atoms with Gasteiger partial charge >= 0.3 is 0 Å². The van der Waals surface area contributed by atoms with Crippen LogP contribution in [0.1, 0.15) is 19.3 Å². The average molecular weight is 268 g/mol. The Balaban J connectivity index is 1.67. The molecule has 1 aliphatic rings. The molecule has 2 nitrogen and oxygen atoms in total. The van der Waals surface area contributed by atoms with E-state index < -0.39 is 0 Å². The fourth-order valence-electron chi connectivity index (χ4n) is 2.55. The maximum Gasteiger partial charge on any atom is 0.119 e. The molecule has 0 spiro atoms. The molecule has 0 bridgehead atoms. The van der Waals surface area contributed by atoms with E-state index in [4.69, 9.17) is 16.3 Å². The third kappa shape index (κ3) is 4.51. The molecule has 100 valence electrons. The van der Waals surface area contributed by atoms with Gasteiger partial charge in [-0.05, 0) is 43.9 Å². The summed E-state index contributed by atoms with van der Waals surface area (Å²) < 4.78 is 5.74. The second-order valence-corrected chi connectivity index (χ2v) is 5.33. The van der Waals surface area contributed by atoms with Gasteiger partial charge in [0.05, 0.1) is 0 Å². The minimum Gasteiger partial charge on any atom is -0.492 e. The molecule has 1 heterocycles. The molecule has 1 unspecified atom stereocenters. The van der Waals surface area contributed by atoms with E-state index in [1.807, 2.05) is 30.3 Å². The summed E-state index contributed by atoms with van der Waals surface area (Å²) in [5, 5.41) is 0. The van der Waals surface area contributed by atoms with Crippen LogP contribution in [0.15, 0.2) is 30.3 Å². The lowest BCUT2D eigenvalue weighted by atomic mass is 9.96. The van der Waals surface area contributed by atoms with Crippen molar-refractivity contribution in [3.63, 3.8) is 0 Å². The Bertz CT molecular complexity index is 329. The number of rotatable bonds is 6. The molecule has 1 atom stereocenters. The zero-order valence-electron chi connectivity index (χ0n) is 10.9. The number of ether oxygens (including phenoxy) is 1. The Morgan fingerprint density at radius 1 is 1.28 bits per heavy atom. The summed E-state index contributed by atoms with van der Waals surface area (Å²) in [5.74, 6) is 2.54. The van der Waals surface area contributed by atoms with Gasteiger partial charge in [-0.2, -0.15) is 0 Å². The Kier molecular flexibility index (Phi) is 5.82. The van der Waals surface area contributed by atoms with Gasteiger partial charge in [0.1, 0.15) is 12.4 Å². The van der Waals surface area contributed by atoms with Crippen molar-refractivity contribution in [2.45, 2.75) is 19.3 Å². The minimum absolute atomic E-state index is 0.775. The molecule has 0 N–H and O–H groups in total. The largest absolute Gasteiger partial charge is 0.492 e. The molecule has 0 radical (unpaired) electrons. The molecule has 1 aromatic carbocycles. The summed E-state index contributed by atoms with van der Waals surface area (Å²) in [6, 6.07) is 10.0. The van der Waals surface area contributed by atoms with Gasteiger partial charge in [-0.1, -0.05) is 18.2 Å². The van der Waals surface area contributed by atoms with Gasteiger partial charge in [0, 0.05) is 19.0 Å². The van der Waals surface area contributed by atoms with Gasteiger partial charge in [0.15, 0.2) is 0 Å². The first kappa shape index (κ1) is 13.7. The van der Waals surface area contributed by atoms with Gasteiger partial charge in [-0.15, -0.1) is 11.6 Å². The summed E-state index contributed by atoms with van der Waals surface area (Å²) >= 11 is 5.82. The molecule has 18 heavy (non-hydrogen) atoms. The minimum atomic E-state index is 0.775. The van der Waals surface area contributed by atoms with Gasteiger partial charge < -0.3 is 4.74 Å². The monoisotopic (exact) mass is 267 g/mol. The van der Waals surface area contributed by atoms with Gasteiger partial charge in [-0.25, -0.2) is 0 Å². The number of halogens is 1. The summed E-state index contributed by atoms with van der Waals surface area (Å²) in [4.78, 5) is 2.50. The van der Waals surface area contributed by atoms with E-state index in [0.29, 0.717) is 0 Å². The van der Waals surface area contributed by atoms with Crippen LogP contribution in [0.3, 0.4) is 0 Å². The van der Waals surface area contributed by atoms with Crippen LogP contribution < -0.4 is 4.74 Å². The molecule has 1 saturated heterocycles. The molecule has 0 amide bonds. The van der Waals surface area contributed by atoms with Crippen molar-refractivity contribution >= 4 is 11.6 Å². The quantitative estimate of drug-likeness (QED) is 0.733. The number of piperidine rings is 1. The van der Waals surface area contributed by atoms with E-state index in [0.717, 1.165) is 37.1 Å². The number of alkyl halides is 1. The van der Waals surface area contributed by atoms with E-state index >= 15 is 0 Å². The number of nitrogens with zero attached hydrogens (tertiary/aromatic N) is 1. The summed E-state index contributed by atoms with van der Waals surface area (Å²) in [6.07, 6.45) is 3.78. The van der Waals surface area contributed by atoms with Crippen molar-refractivity contribution in [2.75, 3.05) is 32.1 Å². The van der Waals surface area contributed by atoms with Crippen LogP contribution in [0.5, 0.6) is 5.75 Å². The SMILES string of the molecule is ClCCC1CCCN(CCOc2ccccc2)C1. The van der Waals surface area contributed by atoms with Crippen LogP contribution in [0.4, 0.5) is 0 Å². The standard InChI is InChI=1S/C15H22ClNO/c16-9-8-14-5-4-10-17(13-14)11-12-18-15-6-2-1-3-7-15/h1-3,6-7,14H,4-5,8-13H2. The molecule has 1 aliphatic heterocycles. The molecule has 1 fully saturated rings. The van der Waals surface area contributed by atoms with Gasteiger partial charge in [-0.3, -0.25) is 4.90 Å². The van der Waals surface area contributed by atoms with Crippen LogP contribution >= 0.6 is 11.6 Å². The highest BCUT2D eigenvalue weighted by Gasteiger charge is 2.18. The maximum absolute atomic E-state index is 5.82. The van der Waals surface area contributed by atoms with Gasteiger partial charge in [0.25, 0.3) is 0 Å². The molecular formula is C15H22ClNO. The topological polar surface area (TPSA) is 12.5 Å². The lowest BCUT2D eigenvalue weighted by Crippen LogP contribution is -2.38.